The van der Waals surface area contributed by atoms with E-state index < -0.39 is 0 Å². The van der Waals surface area contributed by atoms with Crippen molar-refractivity contribution >= 4 is 35.7 Å². The maximum Gasteiger partial charge on any atom is 0.0708 e. The number of benzene rings is 2. The molecule has 0 aliphatic heterocycles. The third-order valence-corrected chi connectivity index (χ3v) is 4.02. The Hall–Kier alpha value is -1.65. The van der Waals surface area contributed by atoms with Crippen LogP contribution >= 0.6 is 24.8 Å². The average Bonchev–Trinajstić information content (AvgIpc) is 2.56. The van der Waals surface area contributed by atoms with Gasteiger partial charge < -0.3 is 5.73 Å². The van der Waals surface area contributed by atoms with Gasteiger partial charge in [-0.2, -0.15) is 0 Å². The Morgan fingerprint density at radius 1 is 0.920 bits per heavy atom. The quantitative estimate of drug-likeness (QED) is 0.694. The van der Waals surface area contributed by atoms with Gasteiger partial charge in [0.05, 0.1) is 5.52 Å². The van der Waals surface area contributed by atoms with Crippen molar-refractivity contribution in [3.8, 4) is 0 Å². The van der Waals surface area contributed by atoms with Crippen molar-refractivity contribution in [3.63, 3.8) is 0 Å². The Morgan fingerprint density at radius 2 is 1.60 bits per heavy atom. The number of pyridine rings is 1. The van der Waals surface area contributed by atoms with Crippen molar-refractivity contribution in [3.05, 3.63) is 77.5 Å². The van der Waals surface area contributed by atoms with E-state index in [9.17, 15) is 0 Å². The zero-order valence-corrected chi connectivity index (χ0v) is 16.0. The van der Waals surface area contributed by atoms with Crippen LogP contribution in [0.3, 0.4) is 0 Å². The molecular formula is C20H25Cl2N3. The van der Waals surface area contributed by atoms with Gasteiger partial charge in [0, 0.05) is 37.3 Å². The SMILES string of the molecule is Cc1cc(CN(CCN)Cc2ccccc2)c2ccccc2n1.Cl.Cl. The highest BCUT2D eigenvalue weighted by molar-refractivity contribution is 5.85. The Morgan fingerprint density at radius 3 is 2.32 bits per heavy atom. The summed E-state index contributed by atoms with van der Waals surface area (Å²) in [7, 11) is 0. The first kappa shape index (κ1) is 21.4. The Balaban J connectivity index is 0.00000156. The number of hydrogen-bond donors (Lipinski definition) is 1. The van der Waals surface area contributed by atoms with E-state index >= 15 is 0 Å². The molecule has 0 bridgehead atoms. The number of halogens is 2. The normalized spacial score (nSPS) is 10.4. The summed E-state index contributed by atoms with van der Waals surface area (Å²) < 4.78 is 0. The lowest BCUT2D eigenvalue weighted by atomic mass is 10.1. The minimum atomic E-state index is 0. The largest absolute Gasteiger partial charge is 0.329 e. The van der Waals surface area contributed by atoms with Crippen molar-refractivity contribution in [1.82, 2.24) is 9.88 Å². The molecule has 0 unspecified atom stereocenters. The van der Waals surface area contributed by atoms with Crippen LogP contribution in [0.1, 0.15) is 16.8 Å². The van der Waals surface area contributed by atoms with E-state index in [0.29, 0.717) is 6.54 Å². The predicted molar refractivity (Wildman–Crippen MR) is 111 cm³/mol. The minimum absolute atomic E-state index is 0. The molecule has 3 aromatic rings. The average molecular weight is 378 g/mol. The lowest BCUT2D eigenvalue weighted by molar-refractivity contribution is 0.265. The number of aryl methyl sites for hydroxylation is 1. The second kappa shape index (κ2) is 10.4. The molecule has 0 aliphatic carbocycles. The molecule has 1 aromatic heterocycles. The fourth-order valence-corrected chi connectivity index (χ4v) is 3.00. The molecule has 0 atom stereocenters. The molecule has 1 heterocycles. The zero-order valence-electron chi connectivity index (χ0n) is 14.4. The lowest BCUT2D eigenvalue weighted by Crippen LogP contribution is -2.28. The van der Waals surface area contributed by atoms with Gasteiger partial charge in [0.15, 0.2) is 0 Å². The van der Waals surface area contributed by atoms with E-state index in [1.54, 1.807) is 0 Å². The highest BCUT2D eigenvalue weighted by atomic mass is 35.5. The first-order chi connectivity index (χ1) is 11.3. The van der Waals surface area contributed by atoms with Gasteiger partial charge in [0.2, 0.25) is 0 Å². The molecule has 3 rings (SSSR count). The van der Waals surface area contributed by atoms with E-state index in [1.165, 1.54) is 16.5 Å². The number of hydrogen-bond acceptors (Lipinski definition) is 3. The molecule has 0 radical (unpaired) electrons. The monoisotopic (exact) mass is 377 g/mol. The fourth-order valence-electron chi connectivity index (χ4n) is 3.00. The highest BCUT2D eigenvalue weighted by Crippen LogP contribution is 2.20. The van der Waals surface area contributed by atoms with Crippen LogP contribution in [0, 0.1) is 6.92 Å². The van der Waals surface area contributed by atoms with Gasteiger partial charge in [-0.1, -0.05) is 48.5 Å². The summed E-state index contributed by atoms with van der Waals surface area (Å²) in [6.45, 7) is 5.39. The van der Waals surface area contributed by atoms with Gasteiger partial charge in [-0.3, -0.25) is 9.88 Å². The van der Waals surface area contributed by atoms with Gasteiger partial charge in [0.1, 0.15) is 0 Å². The Kier molecular flexibility index (Phi) is 8.87. The van der Waals surface area contributed by atoms with Crippen LogP contribution in [0.15, 0.2) is 60.7 Å². The fraction of sp³-hybridized carbons (Fsp3) is 0.250. The third-order valence-electron chi connectivity index (χ3n) is 4.02. The molecule has 2 N–H and O–H groups in total. The van der Waals surface area contributed by atoms with E-state index in [-0.39, 0.29) is 24.8 Å². The van der Waals surface area contributed by atoms with Gasteiger partial charge in [0.25, 0.3) is 0 Å². The molecule has 0 amide bonds. The zero-order chi connectivity index (χ0) is 16.1. The Bertz CT molecular complexity index is 778. The van der Waals surface area contributed by atoms with Crippen LogP contribution in [0.5, 0.6) is 0 Å². The number of rotatable bonds is 6. The van der Waals surface area contributed by atoms with Crippen LogP contribution < -0.4 is 5.73 Å². The predicted octanol–water partition coefficient (Wildman–Crippen LogP) is 4.35. The molecule has 0 spiro atoms. The molecule has 2 aromatic carbocycles. The van der Waals surface area contributed by atoms with Crippen LogP contribution in [0.2, 0.25) is 0 Å². The van der Waals surface area contributed by atoms with Crippen LogP contribution in [0.25, 0.3) is 10.9 Å². The molecular weight excluding hydrogens is 353 g/mol. The number of nitrogens with zero attached hydrogens (tertiary/aromatic N) is 2. The number of para-hydroxylation sites is 1. The van der Waals surface area contributed by atoms with E-state index in [1.807, 2.05) is 6.07 Å². The Labute approximate surface area is 162 Å². The van der Waals surface area contributed by atoms with E-state index in [0.717, 1.165) is 30.8 Å². The molecule has 0 aliphatic rings. The van der Waals surface area contributed by atoms with E-state index in [2.05, 4.69) is 71.4 Å². The van der Waals surface area contributed by atoms with Crippen LogP contribution in [-0.4, -0.2) is 23.0 Å². The third kappa shape index (κ3) is 5.68. The maximum absolute atomic E-state index is 5.83. The van der Waals surface area contributed by atoms with Crippen molar-refractivity contribution < 1.29 is 0 Å². The smallest absolute Gasteiger partial charge is 0.0708 e. The second-order valence-electron chi connectivity index (χ2n) is 5.92. The summed E-state index contributed by atoms with van der Waals surface area (Å²) in [6.07, 6.45) is 0. The molecule has 0 saturated carbocycles. The molecule has 5 heteroatoms. The molecule has 134 valence electrons. The molecule has 25 heavy (non-hydrogen) atoms. The topological polar surface area (TPSA) is 42.1 Å². The summed E-state index contributed by atoms with van der Waals surface area (Å²) in [5, 5.41) is 1.23. The first-order valence-electron chi connectivity index (χ1n) is 8.08. The van der Waals surface area contributed by atoms with Crippen molar-refractivity contribution in [1.29, 1.82) is 0 Å². The van der Waals surface area contributed by atoms with Gasteiger partial charge in [-0.25, -0.2) is 0 Å². The molecule has 0 fully saturated rings. The van der Waals surface area contributed by atoms with Crippen molar-refractivity contribution in [2.24, 2.45) is 5.73 Å². The van der Waals surface area contributed by atoms with Crippen LogP contribution in [-0.2, 0) is 13.1 Å². The number of fused-ring (bicyclic) bond motifs is 1. The van der Waals surface area contributed by atoms with E-state index in [4.69, 9.17) is 5.73 Å². The van der Waals surface area contributed by atoms with Gasteiger partial charge in [-0.15, -0.1) is 24.8 Å². The summed E-state index contributed by atoms with van der Waals surface area (Å²) in [5.74, 6) is 0. The number of aromatic nitrogens is 1. The summed E-state index contributed by atoms with van der Waals surface area (Å²) in [5.41, 5.74) is 10.6. The highest BCUT2D eigenvalue weighted by Gasteiger charge is 2.10. The van der Waals surface area contributed by atoms with Gasteiger partial charge in [-0.05, 0) is 30.2 Å². The molecule has 0 saturated heterocycles. The lowest BCUT2D eigenvalue weighted by Gasteiger charge is -2.23. The maximum atomic E-state index is 5.83. The van der Waals surface area contributed by atoms with Gasteiger partial charge >= 0.3 is 0 Å². The molecule has 3 nitrogen and oxygen atoms in total. The standard InChI is InChI=1S/C20H23N3.2ClH/c1-16-13-18(19-9-5-6-10-20(19)22-16)15-23(12-11-21)14-17-7-3-2-4-8-17;;/h2-10,13H,11-12,14-15,21H2,1H3;2*1H. The van der Waals surface area contributed by atoms with Crippen molar-refractivity contribution in [2.75, 3.05) is 13.1 Å². The summed E-state index contributed by atoms with van der Waals surface area (Å²) >= 11 is 0. The number of nitrogens with two attached hydrogens (primary N) is 1. The van der Waals surface area contributed by atoms with Crippen molar-refractivity contribution in [2.45, 2.75) is 20.0 Å². The summed E-state index contributed by atoms with van der Waals surface area (Å²) in [4.78, 5) is 7.03. The minimum Gasteiger partial charge on any atom is -0.329 e. The summed E-state index contributed by atoms with van der Waals surface area (Å²) in [6, 6.07) is 21.1. The second-order valence-corrected chi connectivity index (χ2v) is 5.92. The van der Waals surface area contributed by atoms with Crippen LogP contribution in [0.4, 0.5) is 0 Å². The first-order valence-corrected chi connectivity index (χ1v) is 8.08.